The molecule has 0 fully saturated rings. The van der Waals surface area contributed by atoms with Crippen molar-refractivity contribution < 1.29 is 13.2 Å². The Bertz CT molecular complexity index is 664. The van der Waals surface area contributed by atoms with E-state index in [2.05, 4.69) is 4.72 Å². The molecule has 0 heterocycles. The summed E-state index contributed by atoms with van der Waals surface area (Å²) in [5, 5.41) is 8.80. The van der Waals surface area contributed by atoms with E-state index in [9.17, 15) is 13.2 Å². The Morgan fingerprint density at radius 3 is 2.52 bits per heavy atom. The number of carbonyl (C=O) groups is 1. The van der Waals surface area contributed by atoms with Crippen LogP contribution in [0.1, 0.15) is 19.4 Å². The molecule has 0 saturated carbocycles. The van der Waals surface area contributed by atoms with Gasteiger partial charge in [0.1, 0.15) is 4.90 Å². The van der Waals surface area contributed by atoms with Crippen molar-refractivity contribution in [3.63, 3.8) is 0 Å². The van der Waals surface area contributed by atoms with Gasteiger partial charge in [-0.3, -0.25) is 4.79 Å². The molecular weight excluding hydrogens is 314 g/mol. The van der Waals surface area contributed by atoms with Crippen molar-refractivity contribution in [1.29, 1.82) is 5.26 Å². The maximum Gasteiger partial charge on any atom is 0.242 e. The third-order valence-corrected chi connectivity index (χ3v) is 4.76. The Kier molecular flexibility index (Phi) is 6.15. The van der Waals surface area contributed by atoms with Crippen molar-refractivity contribution in [3.05, 3.63) is 28.8 Å². The normalized spacial score (nSPS) is 11.0. The minimum Gasteiger partial charge on any atom is -0.342 e. The predicted molar refractivity (Wildman–Crippen MR) is 79.3 cm³/mol. The number of carbonyl (C=O) groups excluding carboxylic acids is 1. The van der Waals surface area contributed by atoms with Crippen LogP contribution in [0, 0.1) is 11.3 Å². The van der Waals surface area contributed by atoms with Crippen molar-refractivity contribution in [2.45, 2.75) is 18.7 Å². The molecule has 114 valence electrons. The minimum absolute atomic E-state index is 0.00297. The molecule has 0 aliphatic rings. The number of benzene rings is 1. The van der Waals surface area contributed by atoms with E-state index in [4.69, 9.17) is 16.9 Å². The van der Waals surface area contributed by atoms with Crippen LogP contribution in [0.5, 0.6) is 0 Å². The molecule has 0 saturated heterocycles. The summed E-state index contributed by atoms with van der Waals surface area (Å²) in [6.07, 6.45) is 0. The Morgan fingerprint density at radius 2 is 2.00 bits per heavy atom. The van der Waals surface area contributed by atoms with E-state index in [-0.39, 0.29) is 27.9 Å². The molecule has 0 unspecified atom stereocenters. The Labute approximate surface area is 129 Å². The molecule has 0 atom stereocenters. The Morgan fingerprint density at radius 1 is 1.38 bits per heavy atom. The lowest BCUT2D eigenvalue weighted by atomic mass is 10.2. The summed E-state index contributed by atoms with van der Waals surface area (Å²) in [6, 6.07) is 5.77. The number of nitrogens with zero attached hydrogens (tertiary/aromatic N) is 2. The van der Waals surface area contributed by atoms with Gasteiger partial charge in [-0.15, -0.1) is 0 Å². The van der Waals surface area contributed by atoms with Gasteiger partial charge in [0.15, 0.2) is 0 Å². The highest BCUT2D eigenvalue weighted by atomic mass is 35.5. The minimum atomic E-state index is -3.95. The summed E-state index contributed by atoms with van der Waals surface area (Å²) in [7, 11) is -3.95. The van der Waals surface area contributed by atoms with Crippen molar-refractivity contribution in [2.24, 2.45) is 0 Å². The van der Waals surface area contributed by atoms with Crippen LogP contribution in [0.3, 0.4) is 0 Å². The van der Waals surface area contributed by atoms with Crippen LogP contribution in [0.15, 0.2) is 23.1 Å². The third-order valence-electron chi connectivity index (χ3n) is 2.88. The molecule has 1 aromatic carbocycles. The first-order valence-corrected chi connectivity index (χ1v) is 8.18. The summed E-state index contributed by atoms with van der Waals surface area (Å²) >= 11 is 5.85. The van der Waals surface area contributed by atoms with Gasteiger partial charge in [0, 0.05) is 13.1 Å². The Balaban J connectivity index is 2.93. The van der Waals surface area contributed by atoms with E-state index in [1.807, 2.05) is 19.9 Å². The standard InChI is InChI=1S/C13H16ClN3O3S/c1-3-17(4-2)13(18)9-16-21(19,20)12-7-10(8-15)5-6-11(12)14/h5-7,16H,3-4,9H2,1-2H3. The van der Waals surface area contributed by atoms with Gasteiger partial charge in [0.25, 0.3) is 0 Å². The van der Waals surface area contributed by atoms with Gasteiger partial charge in [-0.1, -0.05) is 11.6 Å². The van der Waals surface area contributed by atoms with Crippen LogP contribution in [-0.4, -0.2) is 38.9 Å². The van der Waals surface area contributed by atoms with Gasteiger partial charge in [0.05, 0.1) is 23.2 Å². The van der Waals surface area contributed by atoms with Crippen molar-refractivity contribution >= 4 is 27.5 Å². The molecule has 8 heteroatoms. The van der Waals surface area contributed by atoms with Crippen LogP contribution in [0.25, 0.3) is 0 Å². The second-order valence-corrected chi connectivity index (χ2v) is 6.29. The second kappa shape index (κ2) is 7.41. The second-order valence-electron chi connectivity index (χ2n) is 4.15. The lowest BCUT2D eigenvalue weighted by Crippen LogP contribution is -2.40. The van der Waals surface area contributed by atoms with E-state index < -0.39 is 10.0 Å². The summed E-state index contributed by atoms with van der Waals surface area (Å²) in [5.41, 5.74) is 0.176. The molecule has 1 aromatic rings. The first-order valence-electron chi connectivity index (χ1n) is 6.32. The average molecular weight is 330 g/mol. The highest BCUT2D eigenvalue weighted by Gasteiger charge is 2.20. The number of likely N-dealkylation sites (N-methyl/N-ethyl adjacent to an activating group) is 1. The largest absolute Gasteiger partial charge is 0.342 e. The fraction of sp³-hybridized carbons (Fsp3) is 0.385. The summed E-state index contributed by atoms with van der Waals surface area (Å²) < 4.78 is 26.5. The maximum atomic E-state index is 12.1. The zero-order chi connectivity index (χ0) is 16.0. The Hall–Kier alpha value is -1.62. The fourth-order valence-electron chi connectivity index (χ4n) is 1.70. The lowest BCUT2D eigenvalue weighted by Gasteiger charge is -2.18. The van der Waals surface area contributed by atoms with Gasteiger partial charge in [0.2, 0.25) is 15.9 Å². The number of halogens is 1. The van der Waals surface area contributed by atoms with E-state index in [1.54, 1.807) is 0 Å². The molecule has 1 amide bonds. The smallest absolute Gasteiger partial charge is 0.242 e. The number of hydrogen-bond donors (Lipinski definition) is 1. The number of amides is 1. The van der Waals surface area contributed by atoms with Gasteiger partial charge in [-0.05, 0) is 32.0 Å². The van der Waals surface area contributed by atoms with Crippen LogP contribution in [-0.2, 0) is 14.8 Å². The average Bonchev–Trinajstić information content (AvgIpc) is 2.47. The predicted octanol–water partition coefficient (Wildman–Crippen LogP) is 1.36. The molecule has 1 N–H and O–H groups in total. The maximum absolute atomic E-state index is 12.1. The molecule has 0 spiro atoms. The molecule has 0 aliphatic heterocycles. The van der Waals surface area contributed by atoms with Crippen molar-refractivity contribution in [1.82, 2.24) is 9.62 Å². The first kappa shape index (κ1) is 17.4. The van der Waals surface area contributed by atoms with Gasteiger partial charge in [-0.2, -0.15) is 5.26 Å². The van der Waals surface area contributed by atoms with E-state index in [0.29, 0.717) is 13.1 Å². The first-order chi connectivity index (χ1) is 9.85. The van der Waals surface area contributed by atoms with Crippen LogP contribution < -0.4 is 4.72 Å². The monoisotopic (exact) mass is 329 g/mol. The van der Waals surface area contributed by atoms with Crippen molar-refractivity contribution in [2.75, 3.05) is 19.6 Å². The number of hydrogen-bond acceptors (Lipinski definition) is 4. The van der Waals surface area contributed by atoms with E-state index in [1.165, 1.54) is 23.1 Å². The fourth-order valence-corrected chi connectivity index (χ4v) is 3.20. The molecule has 0 aliphatic carbocycles. The summed E-state index contributed by atoms with van der Waals surface area (Å²) in [5.74, 6) is -0.323. The number of rotatable bonds is 6. The molecule has 1 rings (SSSR count). The topological polar surface area (TPSA) is 90.3 Å². The zero-order valence-corrected chi connectivity index (χ0v) is 13.3. The molecule has 21 heavy (non-hydrogen) atoms. The lowest BCUT2D eigenvalue weighted by molar-refractivity contribution is -0.129. The van der Waals surface area contributed by atoms with Gasteiger partial charge in [-0.25, -0.2) is 13.1 Å². The number of nitrogens with one attached hydrogen (secondary N) is 1. The zero-order valence-electron chi connectivity index (χ0n) is 11.8. The van der Waals surface area contributed by atoms with Crippen LogP contribution in [0.2, 0.25) is 5.02 Å². The SMILES string of the molecule is CCN(CC)C(=O)CNS(=O)(=O)c1cc(C#N)ccc1Cl. The van der Waals surface area contributed by atoms with Gasteiger partial charge < -0.3 is 4.90 Å². The van der Waals surface area contributed by atoms with E-state index in [0.717, 1.165) is 0 Å². The number of sulfonamides is 1. The quantitative estimate of drug-likeness (QED) is 0.853. The van der Waals surface area contributed by atoms with Crippen LogP contribution >= 0.6 is 11.6 Å². The highest BCUT2D eigenvalue weighted by molar-refractivity contribution is 7.89. The molecule has 6 nitrogen and oxygen atoms in total. The molecule has 0 radical (unpaired) electrons. The number of nitriles is 1. The third kappa shape index (κ3) is 4.43. The van der Waals surface area contributed by atoms with E-state index >= 15 is 0 Å². The molecular formula is C13H16ClN3O3S. The molecule has 0 aromatic heterocycles. The van der Waals surface area contributed by atoms with Gasteiger partial charge >= 0.3 is 0 Å². The highest BCUT2D eigenvalue weighted by Crippen LogP contribution is 2.22. The summed E-state index contributed by atoms with van der Waals surface area (Å²) in [6.45, 7) is 4.27. The van der Waals surface area contributed by atoms with Crippen molar-refractivity contribution in [3.8, 4) is 6.07 Å². The summed E-state index contributed by atoms with van der Waals surface area (Å²) in [4.78, 5) is 13.1. The molecule has 0 bridgehead atoms. The van der Waals surface area contributed by atoms with Crippen LogP contribution in [0.4, 0.5) is 0 Å².